The Morgan fingerprint density at radius 3 is 2.44 bits per heavy atom. The molecule has 2 fully saturated rings. The molecule has 0 spiro atoms. The van der Waals surface area contributed by atoms with Gasteiger partial charge in [0, 0.05) is 13.1 Å². The molecule has 3 aliphatic rings. The number of hydrogen-bond acceptors (Lipinski definition) is 4. The fourth-order valence-corrected chi connectivity index (χ4v) is 5.62. The van der Waals surface area contributed by atoms with Gasteiger partial charge in [0.2, 0.25) is 0 Å². The van der Waals surface area contributed by atoms with Crippen LogP contribution in [0.15, 0.2) is 11.6 Å². The average molecular weight is 271 g/mol. The lowest BCUT2D eigenvalue weighted by Crippen LogP contribution is -2.68. The van der Waals surface area contributed by atoms with Crippen molar-refractivity contribution in [2.24, 2.45) is 0 Å². The molecule has 2 heterocycles. The zero-order chi connectivity index (χ0) is 12.6. The van der Waals surface area contributed by atoms with Crippen molar-refractivity contribution in [1.82, 2.24) is 4.90 Å². The van der Waals surface area contributed by atoms with E-state index in [4.69, 9.17) is 4.74 Å². The highest BCUT2D eigenvalue weighted by Gasteiger charge is 2.54. The van der Waals surface area contributed by atoms with Gasteiger partial charge in [-0.2, -0.15) is 0 Å². The highest BCUT2D eigenvalue weighted by Crippen LogP contribution is 2.41. The third-order valence-electron chi connectivity index (χ3n) is 4.42. The molecule has 0 aromatic carbocycles. The summed E-state index contributed by atoms with van der Waals surface area (Å²) in [5.41, 5.74) is 1.20. The second kappa shape index (κ2) is 4.62. The van der Waals surface area contributed by atoms with E-state index in [2.05, 4.69) is 11.0 Å². The van der Waals surface area contributed by atoms with Crippen LogP contribution < -0.4 is 0 Å². The molecule has 0 atom stereocenters. The second-order valence-electron chi connectivity index (χ2n) is 5.64. The second-order valence-corrected chi connectivity index (χ2v) is 7.70. The lowest BCUT2D eigenvalue weighted by atomic mass is 9.83. The van der Waals surface area contributed by atoms with Crippen LogP contribution in [-0.4, -0.2) is 56.7 Å². The van der Waals surface area contributed by atoms with Crippen LogP contribution in [0.5, 0.6) is 0 Å². The van der Waals surface area contributed by atoms with Crippen LogP contribution in [0.25, 0.3) is 0 Å². The summed E-state index contributed by atoms with van der Waals surface area (Å²) in [6.45, 7) is 3.20. The molecule has 4 nitrogen and oxygen atoms in total. The van der Waals surface area contributed by atoms with Crippen LogP contribution in [-0.2, 0) is 14.6 Å². The summed E-state index contributed by atoms with van der Waals surface area (Å²) in [5, 5.41) is 0. The fourth-order valence-electron chi connectivity index (χ4n) is 3.51. The van der Waals surface area contributed by atoms with Crippen molar-refractivity contribution in [2.75, 3.05) is 37.8 Å². The first-order valence-corrected chi connectivity index (χ1v) is 8.67. The van der Waals surface area contributed by atoms with Crippen molar-refractivity contribution in [1.29, 1.82) is 0 Å². The molecular weight excluding hydrogens is 250 g/mol. The normalized spacial score (nSPS) is 31.4. The number of sulfone groups is 1. The van der Waals surface area contributed by atoms with Gasteiger partial charge in [0.05, 0.1) is 30.3 Å². The third kappa shape index (κ3) is 2.12. The van der Waals surface area contributed by atoms with Crippen LogP contribution in [0.4, 0.5) is 0 Å². The lowest BCUT2D eigenvalue weighted by molar-refractivity contribution is -0.00205. The van der Waals surface area contributed by atoms with Crippen LogP contribution in [0.3, 0.4) is 0 Å². The molecule has 3 rings (SSSR count). The Hall–Kier alpha value is -0.390. The number of rotatable bonds is 2. The van der Waals surface area contributed by atoms with Crippen molar-refractivity contribution in [2.45, 2.75) is 31.2 Å². The molecule has 2 aliphatic heterocycles. The van der Waals surface area contributed by atoms with Crippen molar-refractivity contribution in [3.05, 3.63) is 11.6 Å². The molecule has 0 N–H and O–H groups in total. The standard InChI is InChI=1S/C13H21NO3S/c15-18(16)10-13(11-18,12-4-2-1-3-5-12)14-6-8-17-9-7-14/h4H,1-3,5-11H2. The molecular formula is C13H21NO3S. The number of ether oxygens (including phenoxy) is 1. The number of nitrogens with zero attached hydrogens (tertiary/aromatic N) is 1. The Morgan fingerprint density at radius 1 is 1.17 bits per heavy atom. The zero-order valence-electron chi connectivity index (χ0n) is 10.7. The highest BCUT2D eigenvalue weighted by atomic mass is 32.2. The molecule has 0 bridgehead atoms. The van der Waals surface area contributed by atoms with Crippen molar-refractivity contribution < 1.29 is 13.2 Å². The molecule has 5 heteroatoms. The van der Waals surface area contributed by atoms with E-state index >= 15 is 0 Å². The minimum absolute atomic E-state index is 0.178. The van der Waals surface area contributed by atoms with Crippen molar-refractivity contribution in [3.8, 4) is 0 Å². The monoisotopic (exact) mass is 271 g/mol. The number of allylic oxidation sites excluding steroid dienone is 1. The topological polar surface area (TPSA) is 46.6 Å². The Labute approximate surface area is 109 Å². The number of hydrogen-bond donors (Lipinski definition) is 0. The van der Waals surface area contributed by atoms with Crippen LogP contribution >= 0.6 is 0 Å². The molecule has 0 aromatic heterocycles. The summed E-state index contributed by atoms with van der Waals surface area (Å²) in [7, 11) is -2.81. The van der Waals surface area contributed by atoms with Crippen LogP contribution in [0, 0.1) is 0 Å². The third-order valence-corrected chi connectivity index (χ3v) is 6.26. The summed E-state index contributed by atoms with van der Waals surface area (Å²) in [6, 6.07) is 0. The molecule has 102 valence electrons. The SMILES string of the molecule is O=S1(=O)CC(C2=CCCCC2)(N2CCOCC2)C1. The number of morpholine rings is 1. The van der Waals surface area contributed by atoms with Crippen LogP contribution in [0.1, 0.15) is 25.7 Å². The quantitative estimate of drug-likeness (QED) is 0.703. The molecule has 18 heavy (non-hydrogen) atoms. The summed E-state index contributed by atoms with van der Waals surface area (Å²) in [4.78, 5) is 2.36. The predicted octanol–water partition coefficient (Wildman–Crippen LogP) is 0.986. The highest BCUT2D eigenvalue weighted by molar-refractivity contribution is 7.93. The van der Waals surface area contributed by atoms with Crippen molar-refractivity contribution in [3.63, 3.8) is 0 Å². The van der Waals surface area contributed by atoms with Gasteiger partial charge >= 0.3 is 0 Å². The van der Waals surface area contributed by atoms with Gasteiger partial charge in [-0.15, -0.1) is 0 Å². The van der Waals surface area contributed by atoms with E-state index in [1.807, 2.05) is 0 Å². The average Bonchev–Trinajstić information content (AvgIpc) is 2.37. The summed E-state index contributed by atoms with van der Waals surface area (Å²) in [5.74, 6) is 0.650. The van der Waals surface area contributed by atoms with E-state index in [1.54, 1.807) is 0 Å². The van der Waals surface area contributed by atoms with Gasteiger partial charge < -0.3 is 4.74 Å². The van der Waals surface area contributed by atoms with E-state index < -0.39 is 9.84 Å². The minimum Gasteiger partial charge on any atom is -0.379 e. The van der Waals surface area contributed by atoms with Gasteiger partial charge in [-0.05, 0) is 25.7 Å². The zero-order valence-corrected chi connectivity index (χ0v) is 11.5. The van der Waals surface area contributed by atoms with E-state index in [0.29, 0.717) is 11.5 Å². The summed E-state index contributed by atoms with van der Waals surface area (Å²) >= 11 is 0. The maximum absolute atomic E-state index is 11.7. The Kier molecular flexibility index (Phi) is 3.24. The fraction of sp³-hybridized carbons (Fsp3) is 0.846. The first kappa shape index (κ1) is 12.6. The minimum atomic E-state index is -2.81. The maximum atomic E-state index is 11.7. The summed E-state index contributed by atoms with van der Waals surface area (Å²) in [6.07, 6.45) is 6.94. The van der Waals surface area contributed by atoms with E-state index in [9.17, 15) is 8.42 Å². The molecule has 0 amide bonds. The van der Waals surface area contributed by atoms with Gasteiger partial charge in [-0.3, -0.25) is 4.90 Å². The Balaban J connectivity index is 1.87. The summed E-state index contributed by atoms with van der Waals surface area (Å²) < 4.78 is 28.8. The lowest BCUT2D eigenvalue weighted by Gasteiger charge is -2.52. The molecule has 0 unspecified atom stereocenters. The largest absolute Gasteiger partial charge is 0.379 e. The molecule has 2 saturated heterocycles. The van der Waals surface area contributed by atoms with Gasteiger partial charge in [-0.25, -0.2) is 8.42 Å². The maximum Gasteiger partial charge on any atom is 0.154 e. The molecule has 0 saturated carbocycles. The smallest absolute Gasteiger partial charge is 0.154 e. The first-order valence-electron chi connectivity index (χ1n) is 6.85. The van der Waals surface area contributed by atoms with Gasteiger partial charge in [0.1, 0.15) is 0 Å². The molecule has 0 radical (unpaired) electrons. The molecule has 0 aromatic rings. The van der Waals surface area contributed by atoms with Gasteiger partial charge in [0.15, 0.2) is 9.84 Å². The Bertz CT molecular complexity index is 437. The first-order chi connectivity index (χ1) is 8.62. The van der Waals surface area contributed by atoms with Gasteiger partial charge in [0.25, 0.3) is 0 Å². The van der Waals surface area contributed by atoms with Gasteiger partial charge in [-0.1, -0.05) is 11.6 Å². The van der Waals surface area contributed by atoms with E-state index in [0.717, 1.165) is 39.1 Å². The Morgan fingerprint density at radius 2 is 1.89 bits per heavy atom. The van der Waals surface area contributed by atoms with Crippen molar-refractivity contribution >= 4 is 9.84 Å². The van der Waals surface area contributed by atoms with E-state index in [-0.39, 0.29) is 5.54 Å². The van der Waals surface area contributed by atoms with Crippen LogP contribution in [0.2, 0.25) is 0 Å². The van der Waals surface area contributed by atoms with E-state index in [1.165, 1.54) is 18.4 Å². The predicted molar refractivity (Wildman–Crippen MR) is 70.3 cm³/mol. The molecule has 1 aliphatic carbocycles.